The third-order valence-corrected chi connectivity index (χ3v) is 5.21. The molecule has 25 heavy (non-hydrogen) atoms. The number of halogens is 2. The predicted octanol–water partition coefficient (Wildman–Crippen LogP) is 3.99. The normalized spacial score (nSPS) is 22.2. The highest BCUT2D eigenvalue weighted by Crippen LogP contribution is 2.33. The zero-order chi connectivity index (χ0) is 17.2. The van der Waals surface area contributed by atoms with Crippen LogP contribution in [0.5, 0.6) is 0 Å². The summed E-state index contributed by atoms with van der Waals surface area (Å²) in [6.07, 6.45) is 8.01. The number of nitrogens with zero attached hydrogens (tertiary/aromatic N) is 2. The molecule has 0 spiro atoms. The lowest BCUT2D eigenvalue weighted by atomic mass is 9.88. The Morgan fingerprint density at radius 1 is 1.04 bits per heavy atom. The maximum Gasteiger partial charge on any atom is 0.150 e. The molecule has 3 heterocycles. The van der Waals surface area contributed by atoms with Crippen molar-refractivity contribution in [3.63, 3.8) is 0 Å². The van der Waals surface area contributed by atoms with Gasteiger partial charge in [0.1, 0.15) is 17.9 Å². The first-order valence-electron chi connectivity index (χ1n) is 9.08. The minimum atomic E-state index is -0.455. The summed E-state index contributed by atoms with van der Waals surface area (Å²) in [5.74, 6) is -0.958. The van der Waals surface area contributed by atoms with Crippen molar-refractivity contribution in [2.24, 2.45) is 0 Å². The van der Waals surface area contributed by atoms with Crippen molar-refractivity contribution in [1.82, 2.24) is 15.1 Å². The van der Waals surface area contributed by atoms with Gasteiger partial charge in [-0.2, -0.15) is 5.10 Å². The van der Waals surface area contributed by atoms with Crippen LogP contribution in [0.25, 0.3) is 11.1 Å². The van der Waals surface area contributed by atoms with Gasteiger partial charge in [0.2, 0.25) is 0 Å². The van der Waals surface area contributed by atoms with E-state index in [-0.39, 0.29) is 17.7 Å². The number of rotatable bonds is 3. The third kappa shape index (κ3) is 3.46. The van der Waals surface area contributed by atoms with E-state index in [0.717, 1.165) is 51.8 Å². The quantitative estimate of drug-likeness (QED) is 0.912. The smallest absolute Gasteiger partial charge is 0.150 e. The Morgan fingerprint density at radius 3 is 2.48 bits per heavy atom. The Hall–Kier alpha value is -1.79. The van der Waals surface area contributed by atoms with Gasteiger partial charge in [0.15, 0.2) is 0 Å². The standard InChI is InChI=1S/C19H23F2N3O/c20-16-9-14(10-17(21)19(16)13-4-6-22-7-5-13)15-11-23-24(12-15)18-3-1-2-8-25-18/h9-13,18,22H,1-8H2. The van der Waals surface area contributed by atoms with Crippen LogP contribution in [0.4, 0.5) is 8.78 Å². The van der Waals surface area contributed by atoms with E-state index in [9.17, 15) is 8.78 Å². The lowest BCUT2D eigenvalue weighted by molar-refractivity contribution is -0.0394. The van der Waals surface area contributed by atoms with Gasteiger partial charge in [-0.3, -0.25) is 0 Å². The summed E-state index contributed by atoms with van der Waals surface area (Å²) in [4.78, 5) is 0. The summed E-state index contributed by atoms with van der Waals surface area (Å²) in [5.41, 5.74) is 1.46. The van der Waals surface area contributed by atoms with E-state index < -0.39 is 11.6 Å². The number of nitrogens with one attached hydrogen (secondary N) is 1. The average molecular weight is 347 g/mol. The molecule has 1 aromatic carbocycles. The molecule has 1 N–H and O–H groups in total. The minimum absolute atomic E-state index is 0.0475. The van der Waals surface area contributed by atoms with Crippen LogP contribution in [0, 0.1) is 11.6 Å². The average Bonchev–Trinajstić information content (AvgIpc) is 3.13. The topological polar surface area (TPSA) is 39.1 Å². The summed E-state index contributed by atoms with van der Waals surface area (Å²) in [7, 11) is 0. The fourth-order valence-corrected chi connectivity index (χ4v) is 3.83. The van der Waals surface area contributed by atoms with Crippen molar-refractivity contribution >= 4 is 0 Å². The van der Waals surface area contributed by atoms with Crippen molar-refractivity contribution in [3.05, 3.63) is 41.7 Å². The molecule has 4 rings (SSSR count). The van der Waals surface area contributed by atoms with Gasteiger partial charge in [-0.25, -0.2) is 13.5 Å². The molecular formula is C19H23F2N3O. The first-order chi connectivity index (χ1) is 12.2. The lowest BCUT2D eigenvalue weighted by Crippen LogP contribution is -2.27. The molecule has 2 saturated heterocycles. The Balaban J connectivity index is 1.59. The molecule has 2 aliphatic heterocycles. The van der Waals surface area contributed by atoms with E-state index in [2.05, 4.69) is 10.4 Å². The molecular weight excluding hydrogens is 324 g/mol. The van der Waals surface area contributed by atoms with E-state index >= 15 is 0 Å². The summed E-state index contributed by atoms with van der Waals surface area (Å²) in [6, 6.07) is 2.87. The SMILES string of the molecule is Fc1cc(-c2cnn(C3CCCCO3)c2)cc(F)c1C1CCNCC1. The Bertz CT molecular complexity index is 711. The fraction of sp³-hybridized carbons (Fsp3) is 0.526. The molecule has 1 aromatic heterocycles. The first-order valence-corrected chi connectivity index (χ1v) is 9.08. The van der Waals surface area contributed by atoms with Gasteiger partial charge in [0, 0.05) is 23.9 Å². The summed E-state index contributed by atoms with van der Waals surface area (Å²) in [6.45, 7) is 2.34. The molecule has 0 saturated carbocycles. The lowest BCUT2D eigenvalue weighted by Gasteiger charge is -2.24. The van der Waals surface area contributed by atoms with E-state index in [1.807, 2.05) is 6.20 Å². The fourth-order valence-electron chi connectivity index (χ4n) is 3.83. The zero-order valence-electron chi connectivity index (χ0n) is 14.2. The van der Waals surface area contributed by atoms with Crippen LogP contribution in [-0.2, 0) is 4.74 Å². The zero-order valence-corrected chi connectivity index (χ0v) is 14.2. The molecule has 134 valence electrons. The van der Waals surface area contributed by atoms with Crippen molar-refractivity contribution < 1.29 is 13.5 Å². The molecule has 1 atom stereocenters. The van der Waals surface area contributed by atoms with E-state index in [0.29, 0.717) is 11.1 Å². The minimum Gasteiger partial charge on any atom is -0.357 e. The molecule has 0 radical (unpaired) electrons. The molecule has 4 nitrogen and oxygen atoms in total. The van der Waals surface area contributed by atoms with Crippen LogP contribution in [0.2, 0.25) is 0 Å². The Morgan fingerprint density at radius 2 is 1.80 bits per heavy atom. The van der Waals surface area contributed by atoms with Gasteiger partial charge in [0.25, 0.3) is 0 Å². The molecule has 2 fully saturated rings. The number of piperidine rings is 1. The number of hydrogen-bond acceptors (Lipinski definition) is 3. The highest BCUT2D eigenvalue weighted by Gasteiger charge is 2.24. The molecule has 0 amide bonds. The van der Waals surface area contributed by atoms with Gasteiger partial charge in [-0.05, 0) is 68.8 Å². The van der Waals surface area contributed by atoms with Crippen molar-refractivity contribution in [1.29, 1.82) is 0 Å². The molecule has 0 bridgehead atoms. The second-order valence-electron chi connectivity index (χ2n) is 6.91. The molecule has 6 heteroatoms. The monoisotopic (exact) mass is 347 g/mol. The second-order valence-corrected chi connectivity index (χ2v) is 6.91. The highest BCUT2D eigenvalue weighted by molar-refractivity contribution is 5.62. The number of benzene rings is 1. The molecule has 2 aromatic rings. The van der Waals surface area contributed by atoms with Gasteiger partial charge < -0.3 is 10.1 Å². The van der Waals surface area contributed by atoms with E-state index in [1.165, 1.54) is 12.1 Å². The van der Waals surface area contributed by atoms with Crippen LogP contribution in [-0.4, -0.2) is 29.5 Å². The largest absolute Gasteiger partial charge is 0.357 e. The Labute approximate surface area is 146 Å². The number of ether oxygens (including phenoxy) is 1. The predicted molar refractivity (Wildman–Crippen MR) is 91.3 cm³/mol. The number of aromatic nitrogens is 2. The van der Waals surface area contributed by atoms with Gasteiger partial charge >= 0.3 is 0 Å². The number of hydrogen-bond donors (Lipinski definition) is 1. The van der Waals surface area contributed by atoms with Gasteiger partial charge in [-0.15, -0.1) is 0 Å². The maximum absolute atomic E-state index is 14.6. The second kappa shape index (κ2) is 7.22. The van der Waals surface area contributed by atoms with Gasteiger partial charge in [-0.1, -0.05) is 0 Å². The first kappa shape index (κ1) is 16.7. The Kier molecular flexibility index (Phi) is 4.81. The molecule has 0 aliphatic carbocycles. The molecule has 2 aliphatic rings. The highest BCUT2D eigenvalue weighted by atomic mass is 19.1. The van der Waals surface area contributed by atoms with Crippen molar-refractivity contribution in [2.45, 2.75) is 44.2 Å². The summed E-state index contributed by atoms with van der Waals surface area (Å²) in [5, 5.41) is 7.55. The molecule has 1 unspecified atom stereocenters. The summed E-state index contributed by atoms with van der Waals surface area (Å²) < 4.78 is 36.7. The van der Waals surface area contributed by atoms with Crippen LogP contribution < -0.4 is 5.32 Å². The van der Waals surface area contributed by atoms with E-state index in [1.54, 1.807) is 10.9 Å². The van der Waals surface area contributed by atoms with Gasteiger partial charge in [0.05, 0.1) is 6.20 Å². The van der Waals surface area contributed by atoms with Crippen LogP contribution >= 0.6 is 0 Å². The van der Waals surface area contributed by atoms with Crippen LogP contribution in [0.1, 0.15) is 49.8 Å². The summed E-state index contributed by atoms with van der Waals surface area (Å²) >= 11 is 0. The maximum atomic E-state index is 14.6. The third-order valence-electron chi connectivity index (χ3n) is 5.21. The van der Waals surface area contributed by atoms with Crippen LogP contribution in [0.3, 0.4) is 0 Å². The van der Waals surface area contributed by atoms with Crippen molar-refractivity contribution in [2.75, 3.05) is 19.7 Å². The van der Waals surface area contributed by atoms with Crippen LogP contribution in [0.15, 0.2) is 24.5 Å². The van der Waals surface area contributed by atoms with E-state index in [4.69, 9.17) is 4.74 Å². The van der Waals surface area contributed by atoms with Crippen molar-refractivity contribution in [3.8, 4) is 11.1 Å².